The van der Waals surface area contributed by atoms with Gasteiger partial charge in [0.1, 0.15) is 11.8 Å². The Labute approximate surface area is 216 Å². The molecule has 9 heteroatoms. The Balaban J connectivity index is 1.87. The van der Waals surface area contributed by atoms with Gasteiger partial charge in [-0.15, -0.1) is 0 Å². The van der Waals surface area contributed by atoms with E-state index in [9.17, 15) is 20.1 Å². The number of nitrogens with two attached hydrogens (primary N) is 1. The summed E-state index contributed by atoms with van der Waals surface area (Å²) in [7, 11) is 0. The van der Waals surface area contributed by atoms with Gasteiger partial charge in [-0.1, -0.05) is 41.6 Å². The van der Waals surface area contributed by atoms with Crippen molar-refractivity contribution in [1.29, 1.82) is 5.26 Å². The highest BCUT2D eigenvalue weighted by molar-refractivity contribution is 6.02. The van der Waals surface area contributed by atoms with Crippen LogP contribution in [0.4, 0.5) is 10.5 Å². The van der Waals surface area contributed by atoms with Crippen LogP contribution in [0.15, 0.2) is 76.6 Å². The van der Waals surface area contributed by atoms with Crippen molar-refractivity contribution in [2.24, 2.45) is 10.9 Å². The highest BCUT2D eigenvalue weighted by Crippen LogP contribution is 2.28. The van der Waals surface area contributed by atoms with E-state index in [0.29, 0.717) is 34.7 Å². The number of carbonyl (C=O) groups excluding carboxylic acids is 2. The summed E-state index contributed by atoms with van der Waals surface area (Å²) in [5.74, 6) is -0.381. The lowest BCUT2D eigenvalue weighted by atomic mass is 9.90. The molecule has 0 heterocycles. The maximum atomic E-state index is 13.5. The Kier molecular flexibility index (Phi) is 9.05. The molecule has 0 fully saturated rings. The average Bonchev–Trinajstić information content (AvgIpc) is 2.91. The fraction of sp³-hybridized carbons (Fsp3) is 0.286. The Morgan fingerprint density at radius 3 is 2.54 bits per heavy atom. The summed E-state index contributed by atoms with van der Waals surface area (Å²) in [5.41, 5.74) is 11.1. The van der Waals surface area contributed by atoms with Crippen LogP contribution in [0.3, 0.4) is 0 Å². The number of likely N-dealkylation sites (N-methyl/N-ethyl adjacent to an activating group) is 1. The van der Waals surface area contributed by atoms with Gasteiger partial charge in [-0.3, -0.25) is 9.69 Å². The topological polar surface area (TPSA) is 141 Å². The van der Waals surface area contributed by atoms with E-state index >= 15 is 0 Å². The number of nitrogens with one attached hydrogen (secondary N) is 1. The van der Waals surface area contributed by atoms with Crippen molar-refractivity contribution in [3.05, 3.63) is 77.0 Å². The highest BCUT2D eigenvalue weighted by atomic mass is 16.6. The lowest BCUT2D eigenvalue weighted by molar-refractivity contribution is -0.120. The molecular weight excluding hydrogens is 470 g/mol. The third kappa shape index (κ3) is 6.16. The van der Waals surface area contributed by atoms with Crippen LogP contribution in [-0.2, 0) is 9.53 Å². The predicted octanol–water partition coefficient (Wildman–Crippen LogP) is 4.79. The fourth-order valence-electron chi connectivity index (χ4n) is 4.23. The number of nitrogens with zero attached hydrogens (tertiary/aromatic N) is 3. The number of carbonyl (C=O) groups is 2. The lowest BCUT2D eigenvalue weighted by Gasteiger charge is -2.31. The molecular formula is C28H31N5O4. The minimum Gasteiger partial charge on any atom is -0.450 e. The standard InChI is InChI=1S/C28H31N5O4/c1-4-33(28(35)37-5-2)25(16-20-12-15-24(32-36)26(30)18(20)3)27(34)31-22-13-10-19(11-14-22)23-9-7-6-8-21(23)17-29/h6-14,25,36H,4-5,15-16,30H2,1-3H3,(H,31,34)/t25-/m0/s1. The minimum absolute atomic E-state index is 0.181. The third-order valence-electron chi connectivity index (χ3n) is 6.31. The molecule has 0 saturated carbocycles. The van der Waals surface area contributed by atoms with Crippen LogP contribution in [0, 0.1) is 11.3 Å². The summed E-state index contributed by atoms with van der Waals surface area (Å²) < 4.78 is 5.21. The molecule has 1 atom stereocenters. The first-order valence-electron chi connectivity index (χ1n) is 12.0. The number of anilines is 1. The quantitative estimate of drug-likeness (QED) is 0.351. The van der Waals surface area contributed by atoms with Crippen molar-refractivity contribution in [2.75, 3.05) is 18.5 Å². The molecule has 0 aliphatic heterocycles. The zero-order valence-electron chi connectivity index (χ0n) is 21.2. The van der Waals surface area contributed by atoms with E-state index in [4.69, 9.17) is 10.5 Å². The molecule has 0 unspecified atom stereocenters. The van der Waals surface area contributed by atoms with Gasteiger partial charge in [0.2, 0.25) is 5.91 Å². The molecule has 2 aromatic rings. The number of oxime groups is 1. The Morgan fingerprint density at radius 1 is 1.22 bits per heavy atom. The van der Waals surface area contributed by atoms with Gasteiger partial charge in [-0.25, -0.2) is 4.79 Å². The molecule has 0 aromatic heterocycles. The fourth-order valence-corrected chi connectivity index (χ4v) is 4.23. The zero-order valence-corrected chi connectivity index (χ0v) is 21.2. The van der Waals surface area contributed by atoms with Gasteiger partial charge >= 0.3 is 6.09 Å². The van der Waals surface area contributed by atoms with Crippen LogP contribution < -0.4 is 11.1 Å². The third-order valence-corrected chi connectivity index (χ3v) is 6.31. The van der Waals surface area contributed by atoms with Gasteiger partial charge in [-0.2, -0.15) is 5.26 Å². The van der Waals surface area contributed by atoms with E-state index < -0.39 is 12.1 Å². The van der Waals surface area contributed by atoms with Gasteiger partial charge in [-0.05, 0) is 61.2 Å². The summed E-state index contributed by atoms with van der Waals surface area (Å²) in [6.07, 6.45) is 1.79. The van der Waals surface area contributed by atoms with Crippen LogP contribution in [0.5, 0.6) is 0 Å². The molecule has 2 amide bonds. The van der Waals surface area contributed by atoms with Crippen LogP contribution >= 0.6 is 0 Å². The number of rotatable bonds is 8. The van der Waals surface area contributed by atoms with Crippen molar-refractivity contribution >= 4 is 23.4 Å². The van der Waals surface area contributed by atoms with Gasteiger partial charge in [0.05, 0.1) is 23.9 Å². The molecule has 0 radical (unpaired) electrons. The number of allylic oxidation sites excluding steroid dienone is 3. The Hall–Kier alpha value is -4.58. The lowest BCUT2D eigenvalue weighted by Crippen LogP contribution is -2.48. The molecule has 2 aromatic carbocycles. The van der Waals surface area contributed by atoms with Gasteiger partial charge < -0.3 is 21.0 Å². The maximum absolute atomic E-state index is 13.5. The van der Waals surface area contributed by atoms with E-state index in [1.165, 1.54) is 4.90 Å². The normalized spacial score (nSPS) is 15.0. The molecule has 192 valence electrons. The van der Waals surface area contributed by atoms with E-state index in [1.807, 2.05) is 36.4 Å². The number of ether oxygens (including phenoxy) is 1. The SMILES string of the molecule is CCOC(=O)N(CC)[C@@H](CC1=CCC(=NO)C(N)=C1C)C(=O)Nc1ccc(-c2ccccc2C#N)cc1. The first-order valence-corrected chi connectivity index (χ1v) is 12.0. The van der Waals surface area contributed by atoms with E-state index in [-0.39, 0.29) is 25.5 Å². The van der Waals surface area contributed by atoms with Crippen molar-refractivity contribution in [1.82, 2.24) is 4.90 Å². The minimum atomic E-state index is -0.871. The van der Waals surface area contributed by atoms with Crippen molar-refractivity contribution in [3.8, 4) is 17.2 Å². The van der Waals surface area contributed by atoms with Crippen molar-refractivity contribution in [3.63, 3.8) is 0 Å². The number of benzene rings is 2. The van der Waals surface area contributed by atoms with Crippen molar-refractivity contribution in [2.45, 2.75) is 39.7 Å². The first-order chi connectivity index (χ1) is 17.8. The monoisotopic (exact) mass is 501 g/mol. The average molecular weight is 502 g/mol. The van der Waals surface area contributed by atoms with Crippen LogP contribution in [0.25, 0.3) is 11.1 Å². The molecule has 1 aliphatic carbocycles. The molecule has 0 bridgehead atoms. The number of nitriles is 1. The van der Waals surface area contributed by atoms with E-state index in [2.05, 4.69) is 16.5 Å². The molecule has 0 saturated heterocycles. The van der Waals surface area contributed by atoms with Gasteiger partial charge in [0.15, 0.2) is 0 Å². The van der Waals surface area contributed by atoms with Crippen molar-refractivity contribution < 1.29 is 19.5 Å². The molecule has 37 heavy (non-hydrogen) atoms. The second kappa shape index (κ2) is 12.4. The summed E-state index contributed by atoms with van der Waals surface area (Å²) >= 11 is 0. The van der Waals surface area contributed by atoms with Crippen LogP contribution in [0.2, 0.25) is 0 Å². The summed E-state index contributed by atoms with van der Waals surface area (Å²) in [4.78, 5) is 27.6. The predicted molar refractivity (Wildman–Crippen MR) is 142 cm³/mol. The maximum Gasteiger partial charge on any atom is 0.410 e. The zero-order chi connectivity index (χ0) is 26.9. The second-order valence-electron chi connectivity index (χ2n) is 8.45. The molecule has 4 N–H and O–H groups in total. The second-order valence-corrected chi connectivity index (χ2v) is 8.45. The van der Waals surface area contributed by atoms with Gasteiger partial charge in [0, 0.05) is 25.1 Å². The molecule has 0 spiro atoms. The molecule has 3 rings (SSSR count). The number of hydrogen-bond donors (Lipinski definition) is 3. The number of amides is 2. The summed E-state index contributed by atoms with van der Waals surface area (Å²) in [5, 5.41) is 24.7. The van der Waals surface area contributed by atoms with Crippen LogP contribution in [0.1, 0.15) is 39.2 Å². The summed E-state index contributed by atoms with van der Waals surface area (Å²) in [6.45, 7) is 5.72. The van der Waals surface area contributed by atoms with Gasteiger partial charge in [0.25, 0.3) is 0 Å². The first kappa shape index (κ1) is 27.0. The smallest absolute Gasteiger partial charge is 0.410 e. The Morgan fingerprint density at radius 2 is 1.92 bits per heavy atom. The molecule has 1 aliphatic rings. The number of hydrogen-bond acceptors (Lipinski definition) is 7. The highest BCUT2D eigenvalue weighted by Gasteiger charge is 2.32. The van der Waals surface area contributed by atoms with Crippen LogP contribution in [-0.4, -0.2) is 47.0 Å². The molecule has 9 nitrogen and oxygen atoms in total. The Bertz CT molecular complexity index is 1290. The van der Waals surface area contributed by atoms with E-state index in [0.717, 1.165) is 16.7 Å². The largest absolute Gasteiger partial charge is 0.450 e. The summed E-state index contributed by atoms with van der Waals surface area (Å²) in [6, 6.07) is 15.8. The van der Waals surface area contributed by atoms with E-state index in [1.54, 1.807) is 39.0 Å².